The van der Waals surface area contributed by atoms with Crippen LogP contribution in [0.3, 0.4) is 0 Å². The lowest BCUT2D eigenvalue weighted by atomic mass is 10.1. The molecule has 0 saturated carbocycles. The molecule has 0 spiro atoms. The zero-order valence-electron chi connectivity index (χ0n) is 26.7. The number of hydrogen-bond donors (Lipinski definition) is 1. The molecule has 2 heteroatoms. The summed E-state index contributed by atoms with van der Waals surface area (Å²) >= 11 is 0. The van der Waals surface area contributed by atoms with Gasteiger partial charge in [-0.1, -0.05) is 174 Å². The van der Waals surface area contributed by atoms with Crippen LogP contribution in [0.2, 0.25) is 0 Å². The number of aromatic hydroxyl groups is 1. The molecule has 0 fully saturated rings. The number of hydrogen-bond acceptors (Lipinski definition) is 1. The molecule has 0 amide bonds. The molecule has 0 heterocycles. The van der Waals surface area contributed by atoms with E-state index in [-0.39, 0.29) is 0 Å². The van der Waals surface area contributed by atoms with Crippen molar-refractivity contribution in [3.8, 4) is 16.9 Å². The van der Waals surface area contributed by atoms with E-state index in [4.69, 9.17) is 0 Å². The smallest absolute Gasteiger partial charge is 0.115 e. The van der Waals surface area contributed by atoms with Crippen molar-refractivity contribution < 1.29 is 5.11 Å². The quantitative estimate of drug-likeness (QED) is 0.0993. The van der Waals surface area contributed by atoms with Crippen molar-refractivity contribution in [2.24, 2.45) is 0 Å². The van der Waals surface area contributed by atoms with Crippen LogP contribution in [0.15, 0.2) is 133 Å². The lowest BCUT2D eigenvalue weighted by molar-refractivity contribution is 0.475. The van der Waals surface area contributed by atoms with Gasteiger partial charge in [0.05, 0.1) is 0 Å². The van der Waals surface area contributed by atoms with Gasteiger partial charge in [-0.15, -0.1) is 0 Å². The van der Waals surface area contributed by atoms with E-state index in [1.807, 2.05) is 24.3 Å². The second-order valence-corrected chi connectivity index (χ2v) is 13.8. The van der Waals surface area contributed by atoms with E-state index in [1.54, 1.807) is 0 Å². The van der Waals surface area contributed by atoms with Crippen molar-refractivity contribution in [3.05, 3.63) is 145 Å². The first-order valence-electron chi connectivity index (χ1n) is 16.6. The second kappa shape index (κ2) is 18.9. The van der Waals surface area contributed by atoms with Gasteiger partial charge in [0.15, 0.2) is 0 Å². The van der Waals surface area contributed by atoms with E-state index in [9.17, 15) is 5.11 Å². The Morgan fingerprint density at radius 2 is 0.773 bits per heavy atom. The minimum absolute atomic E-state index is 0.327. The Morgan fingerprint density at radius 1 is 0.409 bits per heavy atom. The molecule has 1 nitrogen and oxygen atoms in total. The minimum Gasteiger partial charge on any atom is -0.508 e. The molecule has 1 N–H and O–H groups in total. The van der Waals surface area contributed by atoms with E-state index in [0.717, 1.165) is 0 Å². The molecule has 0 radical (unpaired) electrons. The number of phenols is 1. The van der Waals surface area contributed by atoms with Crippen LogP contribution in [0.25, 0.3) is 11.1 Å². The fourth-order valence-corrected chi connectivity index (χ4v) is 7.68. The largest absolute Gasteiger partial charge is 0.508 e. The summed E-state index contributed by atoms with van der Waals surface area (Å²) in [5.41, 5.74) is 5.43. The van der Waals surface area contributed by atoms with Gasteiger partial charge in [-0.3, -0.25) is 0 Å². The van der Waals surface area contributed by atoms with Gasteiger partial charge in [0.1, 0.15) is 5.75 Å². The number of phenolic OH excluding ortho intramolecular Hbond substituents is 1. The third kappa shape index (κ3) is 10.8. The van der Waals surface area contributed by atoms with Crippen molar-refractivity contribution in [2.45, 2.75) is 78.1 Å². The first-order chi connectivity index (χ1) is 21.7. The zero-order valence-corrected chi connectivity index (χ0v) is 27.6. The SMILES string of the molecule is CCCCCCc1ccc(P(c2ccc(O)cc2)c2ccc(CCCCCC)cc2)cc1.c1ccc(-c2ccccc2)cc1. The van der Waals surface area contributed by atoms with Gasteiger partial charge < -0.3 is 5.11 Å². The van der Waals surface area contributed by atoms with E-state index in [2.05, 4.69) is 123 Å². The van der Waals surface area contributed by atoms with Gasteiger partial charge in [0.2, 0.25) is 0 Å². The van der Waals surface area contributed by atoms with Crippen LogP contribution in [0.1, 0.15) is 76.3 Å². The van der Waals surface area contributed by atoms with Crippen molar-refractivity contribution in [1.82, 2.24) is 0 Å². The molecule has 0 aliphatic rings. The van der Waals surface area contributed by atoms with Crippen LogP contribution >= 0.6 is 7.92 Å². The summed E-state index contributed by atoms with van der Waals surface area (Å²) in [6.07, 6.45) is 12.8. The molecule has 0 bridgehead atoms. The lowest BCUT2D eigenvalue weighted by Gasteiger charge is -2.20. The second-order valence-electron chi connectivity index (χ2n) is 11.5. The van der Waals surface area contributed by atoms with Gasteiger partial charge >= 0.3 is 0 Å². The summed E-state index contributed by atoms with van der Waals surface area (Å²) in [6, 6.07) is 47.2. The topological polar surface area (TPSA) is 20.2 Å². The van der Waals surface area contributed by atoms with Gasteiger partial charge in [-0.25, -0.2) is 0 Å². The molecular formula is C42H49OP. The Morgan fingerprint density at radius 3 is 1.14 bits per heavy atom. The maximum atomic E-state index is 9.80. The van der Waals surface area contributed by atoms with Crippen molar-refractivity contribution in [2.75, 3.05) is 0 Å². The molecular weight excluding hydrogens is 551 g/mol. The van der Waals surface area contributed by atoms with E-state index in [1.165, 1.54) is 102 Å². The van der Waals surface area contributed by atoms with E-state index < -0.39 is 7.92 Å². The predicted octanol–water partition coefficient (Wildman–Crippen LogP) is 10.7. The fraction of sp³-hybridized carbons (Fsp3) is 0.286. The van der Waals surface area contributed by atoms with Crippen LogP contribution in [0.5, 0.6) is 5.75 Å². The first kappa shape index (κ1) is 33.2. The Hall–Kier alpha value is -3.67. The average molecular weight is 601 g/mol. The normalized spacial score (nSPS) is 10.8. The van der Waals surface area contributed by atoms with Crippen molar-refractivity contribution in [3.63, 3.8) is 0 Å². The Kier molecular flexibility index (Phi) is 14.3. The molecule has 0 unspecified atom stereocenters. The van der Waals surface area contributed by atoms with Crippen LogP contribution < -0.4 is 15.9 Å². The third-order valence-corrected chi connectivity index (χ3v) is 10.5. The highest BCUT2D eigenvalue weighted by Gasteiger charge is 2.17. The monoisotopic (exact) mass is 600 g/mol. The van der Waals surface area contributed by atoms with Crippen LogP contribution in [0, 0.1) is 0 Å². The maximum absolute atomic E-state index is 9.80. The molecule has 44 heavy (non-hydrogen) atoms. The van der Waals surface area contributed by atoms with Gasteiger partial charge in [0.25, 0.3) is 0 Å². The molecule has 0 saturated heterocycles. The van der Waals surface area contributed by atoms with Crippen molar-refractivity contribution >= 4 is 23.8 Å². The van der Waals surface area contributed by atoms with Gasteiger partial charge in [0, 0.05) is 0 Å². The fourth-order valence-electron chi connectivity index (χ4n) is 5.45. The summed E-state index contributed by atoms with van der Waals surface area (Å²) < 4.78 is 0. The van der Waals surface area contributed by atoms with Crippen LogP contribution in [-0.4, -0.2) is 5.11 Å². The van der Waals surface area contributed by atoms with E-state index >= 15 is 0 Å². The molecule has 228 valence electrons. The Bertz CT molecular complexity index is 1350. The standard InChI is InChI=1S/C30H39OP.C12H10/c1-3-5-7-9-11-25-13-19-28(20-14-25)32(30-23-17-27(31)18-24-30)29-21-15-26(16-22-29)12-10-8-6-4-2;1-3-7-11(8-4-1)12-9-5-2-6-10-12/h13-24,31H,3-12H2,1-2H3;1-10H. The Balaban J connectivity index is 0.000000305. The highest BCUT2D eigenvalue weighted by molar-refractivity contribution is 7.79. The Labute approximate surface area is 267 Å². The first-order valence-corrected chi connectivity index (χ1v) is 17.9. The molecule has 0 aliphatic carbocycles. The number of aryl methyl sites for hydroxylation is 2. The maximum Gasteiger partial charge on any atom is 0.115 e. The van der Waals surface area contributed by atoms with Gasteiger partial charge in [-0.2, -0.15) is 0 Å². The van der Waals surface area contributed by atoms with Crippen LogP contribution in [-0.2, 0) is 12.8 Å². The summed E-state index contributed by atoms with van der Waals surface area (Å²) in [4.78, 5) is 0. The molecule has 5 aromatic carbocycles. The average Bonchev–Trinajstić information content (AvgIpc) is 3.08. The molecule has 0 aromatic heterocycles. The summed E-state index contributed by atoms with van der Waals surface area (Å²) in [7, 11) is -0.632. The third-order valence-electron chi connectivity index (χ3n) is 8.02. The van der Waals surface area contributed by atoms with Crippen molar-refractivity contribution in [1.29, 1.82) is 0 Å². The number of benzene rings is 5. The number of rotatable bonds is 14. The minimum atomic E-state index is -0.632. The highest BCUT2D eigenvalue weighted by Crippen LogP contribution is 2.33. The number of unbranched alkanes of at least 4 members (excludes halogenated alkanes) is 6. The molecule has 5 aromatic rings. The lowest BCUT2D eigenvalue weighted by Crippen LogP contribution is -2.20. The zero-order chi connectivity index (χ0) is 30.8. The van der Waals surface area contributed by atoms with E-state index in [0.29, 0.717) is 5.75 Å². The summed E-state index contributed by atoms with van der Waals surface area (Å²) in [5, 5.41) is 13.8. The summed E-state index contributed by atoms with van der Waals surface area (Å²) in [6.45, 7) is 4.53. The summed E-state index contributed by atoms with van der Waals surface area (Å²) in [5.74, 6) is 0.327. The molecule has 0 aliphatic heterocycles. The van der Waals surface area contributed by atoms with Gasteiger partial charge in [-0.05, 0) is 83.9 Å². The molecule has 5 rings (SSSR count). The highest BCUT2D eigenvalue weighted by atomic mass is 31.1. The predicted molar refractivity (Wildman–Crippen MR) is 194 cm³/mol. The van der Waals surface area contributed by atoms with Crippen LogP contribution in [0.4, 0.5) is 0 Å². The molecule has 0 atom stereocenters.